The second kappa shape index (κ2) is 20.2. The van der Waals surface area contributed by atoms with Gasteiger partial charge in [-0.1, -0.05) is 72.3 Å². The summed E-state index contributed by atoms with van der Waals surface area (Å²) in [5.74, 6) is -3.07. The second-order valence-electron chi connectivity index (χ2n) is 23.9. The molecule has 0 aromatic heterocycles. The minimum Gasteiger partial charge on any atom is -0.467 e. The van der Waals surface area contributed by atoms with Crippen molar-refractivity contribution in [1.29, 1.82) is 0 Å². The number of aliphatic hydroxyl groups is 9. The summed E-state index contributed by atoms with van der Waals surface area (Å²) in [6, 6.07) is 0. The molecule has 19 heteroatoms. The molecule has 0 aromatic carbocycles. The first-order valence-electron chi connectivity index (χ1n) is 25.6. The van der Waals surface area contributed by atoms with Crippen LogP contribution in [-0.4, -0.2) is 176 Å². The average molecular weight is 1020 g/mol. The number of hydrogen-bond donors (Lipinski definition) is 9. The minimum atomic E-state index is -1.89. The van der Waals surface area contributed by atoms with Crippen LogP contribution in [0.4, 0.5) is 0 Å². The molecule has 72 heavy (non-hydrogen) atoms. The Morgan fingerprint density at radius 3 is 1.90 bits per heavy atom. The van der Waals surface area contributed by atoms with Crippen molar-refractivity contribution in [2.45, 2.75) is 207 Å². The highest BCUT2D eigenvalue weighted by molar-refractivity contribution is 5.89. The van der Waals surface area contributed by atoms with Gasteiger partial charge in [0, 0.05) is 22.0 Å². The van der Waals surface area contributed by atoms with Crippen molar-refractivity contribution in [3.8, 4) is 0 Å². The number of rotatable bonds is 11. The Labute approximate surface area is 422 Å². The van der Waals surface area contributed by atoms with E-state index in [0.29, 0.717) is 44.1 Å². The van der Waals surface area contributed by atoms with Gasteiger partial charge in [0.05, 0.1) is 44.1 Å². The van der Waals surface area contributed by atoms with Gasteiger partial charge in [0.2, 0.25) is 0 Å². The molecule has 2 aliphatic heterocycles. The van der Waals surface area contributed by atoms with E-state index >= 15 is 0 Å². The molecular formula is C53H82O19. The third-order valence-corrected chi connectivity index (χ3v) is 19.8. The monoisotopic (exact) mass is 1020 g/mol. The van der Waals surface area contributed by atoms with Gasteiger partial charge < -0.3 is 79.1 Å². The molecule has 0 unspecified atom stereocenters. The van der Waals surface area contributed by atoms with E-state index in [-0.39, 0.29) is 17.4 Å². The lowest BCUT2D eigenvalue weighted by molar-refractivity contribution is -0.375. The van der Waals surface area contributed by atoms with Gasteiger partial charge in [-0.25, -0.2) is 14.4 Å². The minimum absolute atomic E-state index is 0.0498. The standard InChI is InChI=1S/C53H82O19/c1-13-24(3)43(63)71-41-42(72-44(64)25(4)14-2)53(23-55)27(21-48(41,5)6)26-15-16-30-50(9)19-18-31(49(7,8)29(50)17-20-51(30,10)52(26,11)39(61)40(53)62)68-47-38(35(59)34(58)37(69-47)45(65)66-12)70-46-36(60)33(57)32(56)28(22-54)67-46/h13-15,27-42,46-47,54-62H,16-23H2,1-12H3/t27-,28+,29-,30+,31-,32+,33-,34-,35-,36+,37-,38+,39-,40+,41-,42-,46-,47+,50-,51+,52-,53-/m0/s1. The van der Waals surface area contributed by atoms with E-state index in [1.54, 1.807) is 39.8 Å². The van der Waals surface area contributed by atoms with Crippen LogP contribution >= 0.6 is 0 Å². The zero-order valence-electron chi connectivity index (χ0n) is 43.9. The summed E-state index contributed by atoms with van der Waals surface area (Å²) in [4.78, 5) is 40.2. The third kappa shape index (κ3) is 8.56. The quantitative estimate of drug-likeness (QED) is 0.0469. The number of methoxy groups -OCH3 is 1. The number of carbonyl (C=O) groups is 3. The Balaban J connectivity index is 1.23. The predicted molar refractivity (Wildman–Crippen MR) is 254 cm³/mol. The molecule has 0 radical (unpaired) electrons. The Hall–Kier alpha value is -2.89. The zero-order valence-corrected chi connectivity index (χ0v) is 43.9. The molecule has 2 heterocycles. The van der Waals surface area contributed by atoms with Crippen LogP contribution in [0.25, 0.3) is 0 Å². The summed E-state index contributed by atoms with van der Waals surface area (Å²) in [6.45, 7) is 19.6. The van der Waals surface area contributed by atoms with Crippen molar-refractivity contribution in [3.05, 3.63) is 34.9 Å². The summed E-state index contributed by atoms with van der Waals surface area (Å²) in [5.41, 5.74) is -3.86. The van der Waals surface area contributed by atoms with Crippen molar-refractivity contribution >= 4 is 17.9 Å². The van der Waals surface area contributed by atoms with E-state index in [0.717, 1.165) is 12.7 Å². The number of aliphatic hydroxyl groups excluding tert-OH is 9. The van der Waals surface area contributed by atoms with Crippen LogP contribution in [-0.2, 0) is 47.5 Å². The number of allylic oxidation sites excluding steroid dienone is 3. The van der Waals surface area contributed by atoms with Gasteiger partial charge in [-0.3, -0.25) is 0 Å². The van der Waals surface area contributed by atoms with E-state index in [1.165, 1.54) is 0 Å². The van der Waals surface area contributed by atoms with Gasteiger partial charge >= 0.3 is 17.9 Å². The van der Waals surface area contributed by atoms with Crippen molar-refractivity contribution in [1.82, 2.24) is 0 Å². The Bertz CT molecular complexity index is 2140. The van der Waals surface area contributed by atoms with Gasteiger partial charge in [-0.2, -0.15) is 0 Å². The molecule has 6 fully saturated rings. The number of esters is 3. The normalized spacial score (nSPS) is 47.9. The van der Waals surface area contributed by atoms with Crippen LogP contribution in [0, 0.1) is 50.2 Å². The molecule has 7 rings (SSSR count). The lowest BCUT2D eigenvalue weighted by Crippen LogP contribution is -2.76. The van der Waals surface area contributed by atoms with E-state index in [2.05, 4.69) is 33.8 Å². The molecule has 4 saturated carbocycles. The second-order valence-corrected chi connectivity index (χ2v) is 23.9. The first-order valence-corrected chi connectivity index (χ1v) is 25.6. The van der Waals surface area contributed by atoms with Gasteiger partial charge in [0.25, 0.3) is 0 Å². The SMILES string of the molecule is CC=C(C)C(=O)O[C@H]1[C@H](OC(=O)C(C)=CC)[C@]2(CO)[C@H](O)[C@H](O)[C@]3(C)C(=CC[C@@H]4[C@@]5(C)CC[C@H](O[C@@H]6O[C@H](C(=O)OC)[C@@H](O)[C@H](O)[C@H]6O[C@@H]6O[C@H](CO)[C@@H](O)[C@H](O)[C@H]6O)C(C)(C)[C@@H]5CC[C@]43C)[C@@H]2CC1(C)C. The molecule has 7 aliphatic rings. The lowest BCUT2D eigenvalue weighted by atomic mass is 9.32. The van der Waals surface area contributed by atoms with Crippen LogP contribution < -0.4 is 0 Å². The van der Waals surface area contributed by atoms with Crippen LogP contribution in [0.15, 0.2) is 34.9 Å². The summed E-state index contributed by atoms with van der Waals surface area (Å²) in [7, 11) is 1.09. The fraction of sp³-hybridized carbons (Fsp3) is 0.830. The maximum Gasteiger partial charge on any atom is 0.337 e. The smallest absolute Gasteiger partial charge is 0.337 e. The zero-order chi connectivity index (χ0) is 53.6. The summed E-state index contributed by atoms with van der Waals surface area (Å²) in [6.07, 6.45) is -14.9. The topological polar surface area (TPSA) is 298 Å². The molecular weight excluding hydrogens is 941 g/mol. The molecule has 5 aliphatic carbocycles. The first-order chi connectivity index (χ1) is 33.5. The maximum atomic E-state index is 13.8. The van der Waals surface area contributed by atoms with Crippen molar-refractivity contribution in [2.24, 2.45) is 50.2 Å². The van der Waals surface area contributed by atoms with Gasteiger partial charge in [-0.05, 0) is 100 Å². The molecule has 0 aromatic rings. The van der Waals surface area contributed by atoms with Crippen LogP contribution in [0.1, 0.15) is 115 Å². The maximum absolute atomic E-state index is 13.8. The van der Waals surface area contributed by atoms with Crippen LogP contribution in [0.2, 0.25) is 0 Å². The number of ether oxygens (including phenoxy) is 7. The van der Waals surface area contributed by atoms with Gasteiger partial charge in [0.15, 0.2) is 24.8 Å². The van der Waals surface area contributed by atoms with Gasteiger partial charge in [-0.15, -0.1) is 0 Å². The molecule has 408 valence electrons. The highest BCUT2D eigenvalue weighted by atomic mass is 16.8. The van der Waals surface area contributed by atoms with E-state index in [4.69, 9.17) is 33.2 Å². The molecule has 22 atom stereocenters. The predicted octanol–water partition coefficient (Wildman–Crippen LogP) is 1.89. The largest absolute Gasteiger partial charge is 0.467 e. The molecule has 0 spiro atoms. The van der Waals surface area contributed by atoms with Gasteiger partial charge in [0.1, 0.15) is 48.8 Å². The summed E-state index contributed by atoms with van der Waals surface area (Å²) in [5, 5.41) is 102. The van der Waals surface area contributed by atoms with Crippen molar-refractivity contribution < 1.29 is 93.5 Å². The van der Waals surface area contributed by atoms with E-state index in [9.17, 15) is 60.3 Å². The van der Waals surface area contributed by atoms with Crippen molar-refractivity contribution in [2.75, 3.05) is 20.3 Å². The molecule has 0 bridgehead atoms. The highest BCUT2D eigenvalue weighted by Gasteiger charge is 2.76. The fourth-order valence-corrected chi connectivity index (χ4v) is 15.1. The van der Waals surface area contributed by atoms with Crippen LogP contribution in [0.5, 0.6) is 0 Å². The van der Waals surface area contributed by atoms with Crippen LogP contribution in [0.3, 0.4) is 0 Å². The molecule has 2 saturated heterocycles. The summed E-state index contributed by atoms with van der Waals surface area (Å²) < 4.78 is 41.9. The Kier molecular flexibility index (Phi) is 16.0. The third-order valence-electron chi connectivity index (χ3n) is 19.8. The fourth-order valence-electron chi connectivity index (χ4n) is 15.1. The van der Waals surface area contributed by atoms with E-state index < -0.39 is 161 Å². The molecule has 9 N–H and O–H groups in total. The Morgan fingerprint density at radius 1 is 0.722 bits per heavy atom. The average Bonchev–Trinajstić information content (AvgIpc) is 3.34. The lowest BCUT2D eigenvalue weighted by Gasteiger charge is -2.73. The molecule has 0 amide bonds. The number of fused-ring (bicyclic) bond motifs is 7. The summed E-state index contributed by atoms with van der Waals surface area (Å²) >= 11 is 0. The van der Waals surface area contributed by atoms with Crippen molar-refractivity contribution in [3.63, 3.8) is 0 Å². The molecule has 19 nitrogen and oxygen atoms in total. The first kappa shape index (κ1) is 56.8. The number of hydrogen-bond acceptors (Lipinski definition) is 19. The number of carbonyl (C=O) groups excluding carboxylic acids is 3. The highest BCUT2D eigenvalue weighted by Crippen LogP contribution is 2.76. The van der Waals surface area contributed by atoms with E-state index in [1.807, 2.05) is 20.8 Å². The Morgan fingerprint density at radius 2 is 1.33 bits per heavy atom.